The molecule has 0 radical (unpaired) electrons. The zero-order valence-corrected chi connectivity index (χ0v) is 14.5. The quantitative estimate of drug-likeness (QED) is 0.877. The van der Waals surface area contributed by atoms with Gasteiger partial charge in [-0.1, -0.05) is 35.5 Å². The maximum Gasteiger partial charge on any atom is 0.240 e. The van der Waals surface area contributed by atoms with Crippen LogP contribution in [0.2, 0.25) is 0 Å². The van der Waals surface area contributed by atoms with Gasteiger partial charge in [0.1, 0.15) is 0 Å². The van der Waals surface area contributed by atoms with Crippen molar-refractivity contribution in [1.29, 1.82) is 0 Å². The van der Waals surface area contributed by atoms with Crippen LogP contribution in [-0.4, -0.2) is 38.8 Å². The first-order chi connectivity index (χ1) is 12.3. The van der Waals surface area contributed by atoms with Crippen LogP contribution in [0.15, 0.2) is 34.9 Å². The lowest BCUT2D eigenvalue weighted by Crippen LogP contribution is -2.41. The lowest BCUT2D eigenvalue weighted by Gasteiger charge is -2.36. The van der Waals surface area contributed by atoms with Crippen LogP contribution < -0.4 is 0 Å². The summed E-state index contributed by atoms with van der Waals surface area (Å²) in [6.45, 7) is 0.975. The first kappa shape index (κ1) is 15.5. The third kappa shape index (κ3) is 2.70. The first-order valence-electron chi connectivity index (χ1n) is 9.50. The molecule has 5 rings (SSSR count). The molecule has 1 aromatic heterocycles. The molecule has 1 N–H and O–H groups in total. The maximum absolute atomic E-state index is 10.3. The van der Waals surface area contributed by atoms with Gasteiger partial charge in [-0.05, 0) is 44.1 Å². The maximum atomic E-state index is 10.3. The Labute approximate surface area is 148 Å². The standard InChI is InChI=1S/C20H25N3O2/c24-13-20(10-14-4-2-1-3-5-14)11-16-8-9-17(20)23(16)12-18-21-19(22-25-18)15-6-7-15/h1-5,15-17,24H,6-13H2/t16-,17+,20-/m1/s1. The summed E-state index contributed by atoms with van der Waals surface area (Å²) in [5, 5.41) is 14.4. The lowest BCUT2D eigenvalue weighted by atomic mass is 9.70. The lowest BCUT2D eigenvalue weighted by molar-refractivity contribution is 0.0723. The number of rotatable bonds is 6. The van der Waals surface area contributed by atoms with Crippen LogP contribution in [0.1, 0.15) is 55.3 Å². The molecule has 3 aliphatic rings. The van der Waals surface area contributed by atoms with Crippen molar-refractivity contribution < 1.29 is 9.63 Å². The molecule has 1 aliphatic carbocycles. The number of aliphatic hydroxyl groups excluding tert-OH is 1. The summed E-state index contributed by atoms with van der Waals surface area (Å²) < 4.78 is 5.51. The van der Waals surface area contributed by atoms with E-state index in [0.717, 1.165) is 37.5 Å². The third-order valence-corrected chi connectivity index (χ3v) is 6.45. The number of nitrogens with zero attached hydrogens (tertiary/aromatic N) is 3. The molecule has 0 spiro atoms. The molecule has 1 aromatic carbocycles. The van der Waals surface area contributed by atoms with Gasteiger partial charge in [0.05, 0.1) is 13.2 Å². The molecule has 2 bridgehead atoms. The molecular weight excluding hydrogens is 314 g/mol. The minimum atomic E-state index is -0.0381. The zero-order valence-electron chi connectivity index (χ0n) is 14.5. The SMILES string of the molecule is OC[C@@]1(Cc2ccccc2)C[C@H]2CC[C@@H]1N2Cc1nc(C2CC2)no1. The van der Waals surface area contributed by atoms with Crippen molar-refractivity contribution in [3.63, 3.8) is 0 Å². The Morgan fingerprint density at radius 2 is 2.00 bits per heavy atom. The molecule has 5 nitrogen and oxygen atoms in total. The average Bonchev–Trinajstić information content (AvgIpc) is 3.18. The Morgan fingerprint density at radius 1 is 1.16 bits per heavy atom. The van der Waals surface area contributed by atoms with E-state index in [1.165, 1.54) is 24.8 Å². The molecule has 0 unspecified atom stereocenters. The Kier molecular flexibility index (Phi) is 3.68. The highest BCUT2D eigenvalue weighted by Crippen LogP contribution is 2.51. The van der Waals surface area contributed by atoms with E-state index in [9.17, 15) is 5.11 Å². The number of aliphatic hydroxyl groups is 1. The molecule has 5 heteroatoms. The fourth-order valence-corrected chi connectivity index (χ4v) is 5.07. The number of hydrogen-bond donors (Lipinski definition) is 1. The predicted octanol–water partition coefficient (Wildman–Crippen LogP) is 2.91. The van der Waals surface area contributed by atoms with Crippen LogP contribution in [0.3, 0.4) is 0 Å². The third-order valence-electron chi connectivity index (χ3n) is 6.45. The van der Waals surface area contributed by atoms with Crippen molar-refractivity contribution in [2.24, 2.45) is 5.41 Å². The van der Waals surface area contributed by atoms with Crippen LogP contribution >= 0.6 is 0 Å². The molecule has 132 valence electrons. The van der Waals surface area contributed by atoms with Crippen molar-refractivity contribution >= 4 is 0 Å². The fourth-order valence-electron chi connectivity index (χ4n) is 5.07. The second-order valence-corrected chi connectivity index (χ2v) is 8.13. The van der Waals surface area contributed by atoms with Gasteiger partial charge in [0.15, 0.2) is 5.82 Å². The molecule has 2 saturated heterocycles. The molecular formula is C20H25N3O2. The topological polar surface area (TPSA) is 62.4 Å². The first-order valence-corrected chi connectivity index (χ1v) is 9.50. The summed E-state index contributed by atoms with van der Waals surface area (Å²) in [5.74, 6) is 2.16. The average molecular weight is 339 g/mol. The van der Waals surface area contributed by atoms with Crippen molar-refractivity contribution in [2.45, 2.75) is 63.1 Å². The van der Waals surface area contributed by atoms with Gasteiger partial charge in [-0.3, -0.25) is 4.90 Å². The van der Waals surface area contributed by atoms with E-state index >= 15 is 0 Å². The second kappa shape index (κ2) is 5.92. The van der Waals surface area contributed by atoms with Crippen molar-refractivity contribution in [2.75, 3.05) is 6.61 Å². The van der Waals surface area contributed by atoms with Crippen LogP contribution in [0.25, 0.3) is 0 Å². The molecule has 3 fully saturated rings. The minimum Gasteiger partial charge on any atom is -0.396 e. The van der Waals surface area contributed by atoms with Gasteiger partial charge in [-0.25, -0.2) is 0 Å². The summed E-state index contributed by atoms with van der Waals surface area (Å²) >= 11 is 0. The Hall–Kier alpha value is -1.72. The van der Waals surface area contributed by atoms with E-state index in [1.807, 2.05) is 0 Å². The molecule has 1 saturated carbocycles. The molecule has 3 heterocycles. The monoisotopic (exact) mass is 339 g/mol. The summed E-state index contributed by atoms with van der Waals surface area (Å²) in [7, 11) is 0. The van der Waals surface area contributed by atoms with Gasteiger partial charge in [0, 0.05) is 23.4 Å². The van der Waals surface area contributed by atoms with Gasteiger partial charge < -0.3 is 9.63 Å². The summed E-state index contributed by atoms with van der Waals surface area (Å²) in [5.41, 5.74) is 1.28. The number of aromatic nitrogens is 2. The van der Waals surface area contributed by atoms with Crippen LogP contribution in [0.4, 0.5) is 0 Å². The number of benzene rings is 1. The van der Waals surface area contributed by atoms with E-state index in [4.69, 9.17) is 4.52 Å². The highest BCUT2D eigenvalue weighted by Gasteiger charge is 2.55. The molecule has 3 atom stereocenters. The van der Waals surface area contributed by atoms with Crippen molar-refractivity contribution in [1.82, 2.24) is 15.0 Å². The Morgan fingerprint density at radius 3 is 2.76 bits per heavy atom. The largest absolute Gasteiger partial charge is 0.396 e. The highest BCUT2D eigenvalue weighted by atomic mass is 16.5. The zero-order chi connectivity index (χ0) is 16.9. The van der Waals surface area contributed by atoms with Crippen LogP contribution in [0.5, 0.6) is 0 Å². The van der Waals surface area contributed by atoms with E-state index in [0.29, 0.717) is 18.0 Å². The van der Waals surface area contributed by atoms with Crippen LogP contribution in [-0.2, 0) is 13.0 Å². The Bertz CT molecular complexity index is 742. The van der Waals surface area contributed by atoms with Gasteiger partial charge >= 0.3 is 0 Å². The molecule has 2 aromatic rings. The van der Waals surface area contributed by atoms with Gasteiger partial charge in [-0.15, -0.1) is 0 Å². The van der Waals surface area contributed by atoms with Crippen LogP contribution in [0, 0.1) is 5.41 Å². The van der Waals surface area contributed by atoms with E-state index in [-0.39, 0.29) is 12.0 Å². The summed E-state index contributed by atoms with van der Waals surface area (Å²) in [4.78, 5) is 7.13. The van der Waals surface area contributed by atoms with Gasteiger partial charge in [-0.2, -0.15) is 4.98 Å². The summed E-state index contributed by atoms with van der Waals surface area (Å²) in [6.07, 6.45) is 6.76. The van der Waals surface area contributed by atoms with Crippen molar-refractivity contribution in [3.8, 4) is 0 Å². The smallest absolute Gasteiger partial charge is 0.240 e. The van der Waals surface area contributed by atoms with E-state index < -0.39 is 0 Å². The Balaban J connectivity index is 1.35. The second-order valence-electron chi connectivity index (χ2n) is 8.13. The van der Waals surface area contributed by atoms with Gasteiger partial charge in [0.2, 0.25) is 5.89 Å². The minimum absolute atomic E-state index is 0.0381. The molecule has 0 amide bonds. The molecule has 2 aliphatic heterocycles. The molecule has 25 heavy (non-hydrogen) atoms. The van der Waals surface area contributed by atoms with Crippen molar-refractivity contribution in [3.05, 3.63) is 47.6 Å². The number of fused-ring (bicyclic) bond motifs is 2. The summed E-state index contributed by atoms with van der Waals surface area (Å²) in [6, 6.07) is 11.5. The van der Waals surface area contributed by atoms with E-state index in [1.54, 1.807) is 0 Å². The normalized spacial score (nSPS) is 31.7. The number of hydrogen-bond acceptors (Lipinski definition) is 5. The van der Waals surface area contributed by atoms with Gasteiger partial charge in [0.25, 0.3) is 0 Å². The van der Waals surface area contributed by atoms with E-state index in [2.05, 4.69) is 45.4 Å². The fraction of sp³-hybridized carbons (Fsp3) is 0.600. The highest BCUT2D eigenvalue weighted by molar-refractivity contribution is 5.20. The predicted molar refractivity (Wildman–Crippen MR) is 92.9 cm³/mol.